The maximum atomic E-state index is 8.53. The summed E-state index contributed by atoms with van der Waals surface area (Å²) in [4.78, 5) is 4.19. The van der Waals surface area contributed by atoms with Crippen molar-refractivity contribution in [3.63, 3.8) is 0 Å². The molecule has 3 N–H and O–H groups in total. The van der Waals surface area contributed by atoms with Crippen LogP contribution < -0.4 is 5.73 Å². The number of rotatable bonds is 0. The van der Waals surface area contributed by atoms with E-state index in [2.05, 4.69) is 31.0 Å². The molecule has 0 aromatic carbocycles. The smallest absolute Gasteiger partial charge is 0.233 e. The molecule has 13 heavy (non-hydrogen) atoms. The van der Waals surface area contributed by atoms with E-state index in [1.165, 1.54) is 0 Å². The first-order valence-corrected chi connectivity index (χ1v) is 4.50. The fraction of sp³-hybridized carbons (Fsp3) is 0.875. The van der Waals surface area contributed by atoms with Crippen LogP contribution >= 0.6 is 0 Å². The van der Waals surface area contributed by atoms with Crippen molar-refractivity contribution in [3.05, 3.63) is 0 Å². The molecule has 1 heterocycles. The third-order valence-corrected chi connectivity index (χ3v) is 2.79. The zero-order valence-corrected chi connectivity index (χ0v) is 8.44. The summed E-state index contributed by atoms with van der Waals surface area (Å²) in [6.45, 7) is 5.90. The second-order valence-corrected chi connectivity index (χ2v) is 3.73. The van der Waals surface area contributed by atoms with Crippen LogP contribution in [-0.2, 0) is 0 Å². The summed E-state index contributed by atoms with van der Waals surface area (Å²) in [5, 5.41) is 11.5. The van der Waals surface area contributed by atoms with Gasteiger partial charge in [0.1, 0.15) is 0 Å². The third kappa shape index (κ3) is 2.03. The van der Waals surface area contributed by atoms with Crippen molar-refractivity contribution < 1.29 is 5.21 Å². The summed E-state index contributed by atoms with van der Waals surface area (Å²) in [7, 11) is 2.10. The molecule has 1 rings (SSSR count). The lowest BCUT2D eigenvalue weighted by atomic mass is 10.1. The fourth-order valence-corrected chi connectivity index (χ4v) is 1.65. The van der Waals surface area contributed by atoms with Gasteiger partial charge in [-0.05, 0) is 20.9 Å². The molecule has 1 saturated heterocycles. The van der Waals surface area contributed by atoms with E-state index in [1.807, 2.05) is 4.90 Å². The SMILES string of the molecule is CC1CN(C(N)=NO)CC(C)N1C. The van der Waals surface area contributed by atoms with Gasteiger partial charge in [-0.2, -0.15) is 0 Å². The third-order valence-electron chi connectivity index (χ3n) is 2.79. The van der Waals surface area contributed by atoms with Gasteiger partial charge in [0.25, 0.3) is 0 Å². The van der Waals surface area contributed by atoms with Crippen molar-refractivity contribution in [2.75, 3.05) is 20.1 Å². The van der Waals surface area contributed by atoms with Gasteiger partial charge in [0.05, 0.1) is 0 Å². The van der Waals surface area contributed by atoms with E-state index < -0.39 is 0 Å². The highest BCUT2D eigenvalue weighted by Crippen LogP contribution is 2.12. The van der Waals surface area contributed by atoms with Gasteiger partial charge >= 0.3 is 0 Å². The molecule has 0 saturated carbocycles. The fourth-order valence-electron chi connectivity index (χ4n) is 1.65. The zero-order chi connectivity index (χ0) is 10.0. The number of hydrogen-bond donors (Lipinski definition) is 2. The first-order chi connectivity index (χ1) is 6.06. The minimum Gasteiger partial charge on any atom is -0.408 e. The number of oxime groups is 1. The van der Waals surface area contributed by atoms with Gasteiger partial charge in [-0.3, -0.25) is 4.90 Å². The van der Waals surface area contributed by atoms with Crippen LogP contribution in [0.1, 0.15) is 13.8 Å². The quantitative estimate of drug-likeness (QED) is 0.236. The molecule has 1 aliphatic rings. The van der Waals surface area contributed by atoms with Crippen LogP contribution in [0, 0.1) is 0 Å². The van der Waals surface area contributed by atoms with Crippen LogP contribution in [0.5, 0.6) is 0 Å². The van der Waals surface area contributed by atoms with E-state index in [0.717, 1.165) is 13.1 Å². The van der Waals surface area contributed by atoms with E-state index in [4.69, 9.17) is 10.9 Å². The van der Waals surface area contributed by atoms with Crippen LogP contribution in [0.2, 0.25) is 0 Å². The predicted molar refractivity (Wildman–Crippen MR) is 51.7 cm³/mol. The Balaban J connectivity index is 2.63. The molecule has 0 aromatic heterocycles. The molecule has 1 fully saturated rings. The van der Waals surface area contributed by atoms with E-state index in [0.29, 0.717) is 12.1 Å². The van der Waals surface area contributed by atoms with E-state index in [-0.39, 0.29) is 5.96 Å². The Morgan fingerprint density at radius 2 is 1.85 bits per heavy atom. The lowest BCUT2D eigenvalue weighted by Gasteiger charge is -2.42. The summed E-state index contributed by atoms with van der Waals surface area (Å²) >= 11 is 0. The summed E-state index contributed by atoms with van der Waals surface area (Å²) in [5.74, 6) is 0.215. The van der Waals surface area contributed by atoms with Crippen LogP contribution in [0.25, 0.3) is 0 Å². The van der Waals surface area contributed by atoms with Crippen molar-refractivity contribution >= 4 is 5.96 Å². The topological polar surface area (TPSA) is 65.1 Å². The van der Waals surface area contributed by atoms with Crippen molar-refractivity contribution in [2.24, 2.45) is 10.9 Å². The molecular weight excluding hydrogens is 168 g/mol. The molecule has 0 aromatic rings. The van der Waals surface area contributed by atoms with Crippen LogP contribution in [0.4, 0.5) is 0 Å². The molecule has 0 radical (unpaired) electrons. The lowest BCUT2D eigenvalue weighted by molar-refractivity contribution is 0.0958. The molecule has 1 aliphatic heterocycles. The standard InChI is InChI=1S/C8H18N4O/c1-6-4-12(8(9)10-13)5-7(2)11(6)3/h6-7,13H,4-5H2,1-3H3,(H2,9,10). The number of piperazine rings is 1. The average Bonchev–Trinajstić information content (AvgIpc) is 2.12. The largest absolute Gasteiger partial charge is 0.408 e. The Labute approximate surface area is 78.8 Å². The number of nitrogens with zero attached hydrogens (tertiary/aromatic N) is 3. The number of guanidine groups is 1. The molecule has 0 bridgehead atoms. The normalized spacial score (nSPS) is 32.2. The first-order valence-electron chi connectivity index (χ1n) is 4.50. The Morgan fingerprint density at radius 1 is 1.38 bits per heavy atom. The Kier molecular flexibility index (Phi) is 2.98. The molecule has 0 amide bonds. The summed E-state index contributed by atoms with van der Waals surface area (Å²) in [6.07, 6.45) is 0. The molecule has 5 nitrogen and oxygen atoms in total. The predicted octanol–water partition coefficient (Wildman–Crippen LogP) is -0.285. The molecule has 2 unspecified atom stereocenters. The van der Waals surface area contributed by atoms with Gasteiger partial charge < -0.3 is 15.8 Å². The van der Waals surface area contributed by atoms with Crippen LogP contribution in [0.15, 0.2) is 5.16 Å². The van der Waals surface area contributed by atoms with Gasteiger partial charge in [0.15, 0.2) is 0 Å². The van der Waals surface area contributed by atoms with Gasteiger partial charge in [-0.25, -0.2) is 0 Å². The van der Waals surface area contributed by atoms with E-state index in [9.17, 15) is 0 Å². The Bertz CT molecular complexity index is 194. The molecular formula is C8H18N4O. The van der Waals surface area contributed by atoms with Crippen molar-refractivity contribution in [3.8, 4) is 0 Å². The second kappa shape index (κ2) is 3.83. The Hall–Kier alpha value is -0.970. The molecule has 76 valence electrons. The Morgan fingerprint density at radius 3 is 2.23 bits per heavy atom. The summed E-state index contributed by atoms with van der Waals surface area (Å²) in [5.41, 5.74) is 5.52. The summed E-state index contributed by atoms with van der Waals surface area (Å²) < 4.78 is 0. The van der Waals surface area contributed by atoms with E-state index >= 15 is 0 Å². The van der Waals surface area contributed by atoms with Crippen molar-refractivity contribution in [2.45, 2.75) is 25.9 Å². The zero-order valence-electron chi connectivity index (χ0n) is 8.44. The van der Waals surface area contributed by atoms with Crippen LogP contribution in [-0.4, -0.2) is 53.2 Å². The monoisotopic (exact) mass is 186 g/mol. The van der Waals surface area contributed by atoms with E-state index in [1.54, 1.807) is 0 Å². The molecule has 0 spiro atoms. The average molecular weight is 186 g/mol. The molecule has 5 heteroatoms. The number of nitrogens with two attached hydrogens (primary N) is 1. The van der Waals surface area contributed by atoms with Crippen LogP contribution in [0.3, 0.4) is 0 Å². The van der Waals surface area contributed by atoms with Gasteiger partial charge in [-0.15, -0.1) is 0 Å². The van der Waals surface area contributed by atoms with Crippen molar-refractivity contribution in [1.29, 1.82) is 0 Å². The van der Waals surface area contributed by atoms with Gasteiger partial charge in [-0.1, -0.05) is 5.16 Å². The molecule has 2 atom stereocenters. The highest BCUT2D eigenvalue weighted by molar-refractivity contribution is 5.77. The second-order valence-electron chi connectivity index (χ2n) is 3.73. The van der Waals surface area contributed by atoms with Gasteiger partial charge in [0, 0.05) is 25.2 Å². The lowest BCUT2D eigenvalue weighted by Crippen LogP contribution is -2.57. The van der Waals surface area contributed by atoms with Crippen molar-refractivity contribution in [1.82, 2.24) is 9.80 Å². The van der Waals surface area contributed by atoms with Gasteiger partial charge in [0.2, 0.25) is 5.96 Å². The highest BCUT2D eigenvalue weighted by Gasteiger charge is 2.27. The summed E-state index contributed by atoms with van der Waals surface area (Å²) in [6, 6.07) is 0.869. The first kappa shape index (κ1) is 10.1. The molecule has 0 aliphatic carbocycles. The number of hydrogen-bond acceptors (Lipinski definition) is 3. The minimum absolute atomic E-state index is 0.215. The minimum atomic E-state index is 0.215. The maximum absolute atomic E-state index is 8.53. The number of likely N-dealkylation sites (N-methyl/N-ethyl adjacent to an activating group) is 1. The maximum Gasteiger partial charge on any atom is 0.233 e. The highest BCUT2D eigenvalue weighted by atomic mass is 16.4.